The summed E-state index contributed by atoms with van der Waals surface area (Å²) in [6.45, 7) is 17.5. The van der Waals surface area contributed by atoms with Gasteiger partial charge in [-0.15, -0.1) is 0 Å². The Bertz CT molecular complexity index is 3610. The maximum absolute atomic E-state index is 6.89. The van der Waals surface area contributed by atoms with Crippen LogP contribution in [0.4, 0.5) is 34.1 Å². The average Bonchev–Trinajstić information content (AvgIpc) is 3.83. The largest absolute Gasteiger partial charge is 0.456 e. The first kappa shape index (κ1) is 37.7. The van der Waals surface area contributed by atoms with Gasteiger partial charge in [-0.2, -0.15) is 0 Å². The Morgan fingerprint density at radius 1 is 0.323 bits per heavy atom. The topological polar surface area (TPSA) is 32.8 Å². The van der Waals surface area contributed by atoms with Gasteiger partial charge in [0.05, 0.1) is 5.39 Å². The van der Waals surface area contributed by atoms with E-state index in [0.29, 0.717) is 0 Å². The summed E-state index contributed by atoms with van der Waals surface area (Å²) in [6.07, 6.45) is 0. The lowest BCUT2D eigenvalue weighted by Crippen LogP contribution is -2.12. The number of fused-ring (bicyclic) bond motifs is 9. The molecule has 2 heterocycles. The third-order valence-corrected chi connectivity index (χ3v) is 13.6. The first-order valence-electron chi connectivity index (χ1n) is 21.6. The van der Waals surface area contributed by atoms with Crippen LogP contribution in [0.15, 0.2) is 154 Å². The van der Waals surface area contributed by atoms with Crippen molar-refractivity contribution in [1.82, 2.24) is 0 Å². The van der Waals surface area contributed by atoms with Crippen molar-refractivity contribution in [2.24, 2.45) is 0 Å². The summed E-state index contributed by atoms with van der Waals surface area (Å²) in [5, 5.41) is 8.79. The molecule has 0 bridgehead atoms. The molecule has 0 radical (unpaired) electrons. The van der Waals surface area contributed by atoms with Crippen molar-refractivity contribution in [2.75, 3.05) is 9.80 Å². The van der Waals surface area contributed by atoms with Crippen molar-refractivity contribution in [3.8, 4) is 0 Å². The van der Waals surface area contributed by atoms with E-state index in [1.807, 2.05) is 0 Å². The second-order valence-electron chi connectivity index (χ2n) is 17.4. The number of benzene rings is 9. The van der Waals surface area contributed by atoms with Crippen LogP contribution < -0.4 is 9.80 Å². The molecule has 11 rings (SSSR count). The van der Waals surface area contributed by atoms with Crippen molar-refractivity contribution >= 4 is 99.5 Å². The standard InChI is InChI=1S/C58H48N2O2/c1-33-9-17-45(18-10-33)59(52-24-13-35(3)37(5)39(52)7)47-21-15-41-29-50-49-23-26-54-57(58(49)62-55(50)31-43(41)27-47)51-30-42-16-22-48(28-44(42)32-56(51)61-54)60(46-19-11-34(2)12-20-46)53-25-14-36(4)38(6)40(53)8/h9-32H,1-8H3. The van der Waals surface area contributed by atoms with Gasteiger partial charge in [-0.3, -0.25) is 0 Å². The van der Waals surface area contributed by atoms with Gasteiger partial charge >= 0.3 is 0 Å². The molecule has 2 aromatic heterocycles. The molecular weight excluding hydrogens is 757 g/mol. The van der Waals surface area contributed by atoms with Crippen molar-refractivity contribution in [2.45, 2.75) is 55.4 Å². The Balaban J connectivity index is 1.04. The minimum Gasteiger partial charge on any atom is -0.456 e. The van der Waals surface area contributed by atoms with Gasteiger partial charge in [-0.05, 0) is 207 Å². The highest BCUT2D eigenvalue weighted by molar-refractivity contribution is 6.24. The van der Waals surface area contributed by atoms with Crippen LogP contribution in [0.1, 0.15) is 44.5 Å². The summed E-state index contributed by atoms with van der Waals surface area (Å²) >= 11 is 0. The van der Waals surface area contributed by atoms with Crippen molar-refractivity contribution in [1.29, 1.82) is 0 Å². The van der Waals surface area contributed by atoms with E-state index in [0.717, 1.165) is 82.8 Å². The zero-order valence-electron chi connectivity index (χ0n) is 36.6. The number of anilines is 6. The Hall–Kier alpha value is -7.30. The van der Waals surface area contributed by atoms with Crippen molar-refractivity contribution in [3.05, 3.63) is 190 Å². The quantitative estimate of drug-likeness (QED) is 0.168. The molecular formula is C58H48N2O2. The van der Waals surface area contributed by atoms with Crippen LogP contribution in [0.2, 0.25) is 0 Å². The molecule has 0 amide bonds. The van der Waals surface area contributed by atoms with E-state index >= 15 is 0 Å². The van der Waals surface area contributed by atoms with Crippen molar-refractivity contribution in [3.63, 3.8) is 0 Å². The van der Waals surface area contributed by atoms with Gasteiger partial charge in [0, 0.05) is 50.3 Å². The lowest BCUT2D eigenvalue weighted by atomic mass is 9.99. The first-order valence-corrected chi connectivity index (χ1v) is 21.6. The zero-order chi connectivity index (χ0) is 42.6. The fourth-order valence-corrected chi connectivity index (χ4v) is 9.44. The van der Waals surface area contributed by atoms with Crippen molar-refractivity contribution < 1.29 is 8.83 Å². The molecule has 11 aromatic rings. The molecule has 302 valence electrons. The number of furan rings is 2. The van der Waals surface area contributed by atoms with E-state index in [1.54, 1.807) is 0 Å². The number of hydrogen-bond donors (Lipinski definition) is 0. The highest BCUT2D eigenvalue weighted by Crippen LogP contribution is 2.45. The second-order valence-corrected chi connectivity index (χ2v) is 17.4. The molecule has 62 heavy (non-hydrogen) atoms. The molecule has 4 nitrogen and oxygen atoms in total. The Morgan fingerprint density at radius 2 is 0.790 bits per heavy atom. The SMILES string of the molecule is Cc1ccc(N(c2ccc3cc4c(cc3c2)oc2c4ccc3oc4cc5cc(N(c6ccc(C)cc6)c6ccc(C)c(C)c6C)ccc5cc4c32)c2ccc(C)c(C)c2C)cc1. The Morgan fingerprint density at radius 3 is 1.31 bits per heavy atom. The molecule has 0 saturated carbocycles. The first-order chi connectivity index (χ1) is 30.0. The van der Waals surface area contributed by atoms with Gasteiger partial charge in [0.25, 0.3) is 0 Å². The average molecular weight is 805 g/mol. The molecule has 0 saturated heterocycles. The van der Waals surface area contributed by atoms with Crippen LogP contribution in [0.3, 0.4) is 0 Å². The predicted molar refractivity (Wildman–Crippen MR) is 263 cm³/mol. The summed E-state index contributed by atoms with van der Waals surface area (Å²) < 4.78 is 13.5. The van der Waals surface area contributed by atoms with E-state index in [-0.39, 0.29) is 0 Å². The van der Waals surface area contributed by atoms with E-state index in [2.05, 4.69) is 211 Å². The second kappa shape index (κ2) is 14.1. The van der Waals surface area contributed by atoms with E-state index in [9.17, 15) is 0 Å². The lowest BCUT2D eigenvalue weighted by Gasteiger charge is -2.28. The van der Waals surface area contributed by atoms with Crippen LogP contribution in [0, 0.1) is 55.4 Å². The van der Waals surface area contributed by atoms with Gasteiger partial charge in [0.2, 0.25) is 0 Å². The molecule has 9 aromatic carbocycles. The summed E-state index contributed by atoms with van der Waals surface area (Å²) in [6, 6.07) is 53.3. The monoisotopic (exact) mass is 804 g/mol. The van der Waals surface area contributed by atoms with Crippen LogP contribution in [-0.2, 0) is 0 Å². The van der Waals surface area contributed by atoms with Crippen LogP contribution in [0.25, 0.3) is 65.4 Å². The summed E-state index contributed by atoms with van der Waals surface area (Å²) in [4.78, 5) is 4.75. The molecule has 0 aliphatic rings. The third kappa shape index (κ3) is 5.96. The van der Waals surface area contributed by atoms with Gasteiger partial charge in [0.15, 0.2) is 0 Å². The van der Waals surface area contributed by atoms with Crippen LogP contribution in [-0.4, -0.2) is 0 Å². The summed E-state index contributed by atoms with van der Waals surface area (Å²) in [5.74, 6) is 0. The Kier molecular flexibility index (Phi) is 8.59. The normalized spacial score (nSPS) is 11.9. The van der Waals surface area contributed by atoms with Gasteiger partial charge in [-0.25, -0.2) is 0 Å². The van der Waals surface area contributed by atoms with Gasteiger partial charge in [0.1, 0.15) is 22.3 Å². The molecule has 0 N–H and O–H groups in total. The number of rotatable bonds is 6. The maximum atomic E-state index is 6.89. The highest BCUT2D eigenvalue weighted by Gasteiger charge is 2.21. The number of aryl methyl sites for hydroxylation is 4. The number of nitrogens with zero attached hydrogens (tertiary/aromatic N) is 2. The predicted octanol–water partition coefficient (Wildman–Crippen LogP) is 17.2. The number of hydrogen-bond acceptors (Lipinski definition) is 4. The smallest absolute Gasteiger partial charge is 0.147 e. The minimum atomic E-state index is 0.818. The van der Waals surface area contributed by atoms with Crippen LogP contribution in [0.5, 0.6) is 0 Å². The van der Waals surface area contributed by atoms with Gasteiger partial charge < -0.3 is 18.6 Å². The van der Waals surface area contributed by atoms with E-state index in [1.165, 1.54) is 61.3 Å². The van der Waals surface area contributed by atoms with E-state index < -0.39 is 0 Å². The molecule has 0 spiro atoms. The molecule has 0 atom stereocenters. The summed E-state index contributed by atoms with van der Waals surface area (Å²) in [7, 11) is 0. The summed E-state index contributed by atoms with van der Waals surface area (Å²) in [5.41, 5.74) is 20.4. The van der Waals surface area contributed by atoms with Gasteiger partial charge in [-0.1, -0.05) is 59.7 Å². The molecule has 4 heteroatoms. The van der Waals surface area contributed by atoms with E-state index in [4.69, 9.17) is 8.83 Å². The highest BCUT2D eigenvalue weighted by atomic mass is 16.3. The zero-order valence-corrected chi connectivity index (χ0v) is 36.6. The minimum absolute atomic E-state index is 0.818. The third-order valence-electron chi connectivity index (χ3n) is 13.6. The molecule has 0 aliphatic carbocycles. The fraction of sp³-hybridized carbons (Fsp3) is 0.138. The van der Waals surface area contributed by atoms with Crippen LogP contribution >= 0.6 is 0 Å². The Labute approximate surface area is 362 Å². The molecule has 0 unspecified atom stereocenters. The maximum Gasteiger partial charge on any atom is 0.147 e. The lowest BCUT2D eigenvalue weighted by molar-refractivity contribution is 0.663. The fourth-order valence-electron chi connectivity index (χ4n) is 9.44. The molecule has 0 fully saturated rings. The molecule has 0 aliphatic heterocycles.